The molecule has 228 valence electrons. The minimum atomic E-state index is -1.05. The standard InChI is InChI=1S/C32H30FN3O6S2/c1-4-5-16-42-22-13-10-19(11-14-22)28(37)26-27(20-12-15-24(40-2)25(17-20)41-3)36(30(39)29(26)38)31-34-35-32(44-31)43-18-21-8-6-7-9-23(21)33/h6-15,17,27,37H,4-5,16,18H2,1-3H3/t27-/m0/s1. The van der Waals surface area contributed by atoms with Crippen molar-refractivity contribution in [1.82, 2.24) is 10.2 Å². The minimum absolute atomic E-state index is 0.113. The molecular formula is C32H30FN3O6S2. The number of halogens is 1. The zero-order chi connectivity index (χ0) is 31.2. The van der Waals surface area contributed by atoms with Gasteiger partial charge in [0, 0.05) is 11.3 Å². The van der Waals surface area contributed by atoms with Crippen LogP contribution in [0.15, 0.2) is 76.6 Å². The second-order valence-corrected chi connectivity index (χ2v) is 11.9. The lowest BCUT2D eigenvalue weighted by Crippen LogP contribution is -2.29. The summed E-state index contributed by atoms with van der Waals surface area (Å²) in [6, 6.07) is 17.1. The van der Waals surface area contributed by atoms with Gasteiger partial charge in [0.25, 0.3) is 5.78 Å². The van der Waals surface area contributed by atoms with Crippen molar-refractivity contribution in [2.75, 3.05) is 25.7 Å². The largest absolute Gasteiger partial charge is 0.507 e. The molecule has 1 aliphatic heterocycles. The number of ether oxygens (including phenoxy) is 3. The smallest absolute Gasteiger partial charge is 0.301 e. The zero-order valence-electron chi connectivity index (χ0n) is 24.3. The third-order valence-electron chi connectivity index (χ3n) is 6.97. The number of anilines is 1. The number of unbranched alkanes of at least 4 members (excludes halogenated alkanes) is 1. The van der Waals surface area contributed by atoms with E-state index in [1.54, 1.807) is 60.7 Å². The number of aliphatic hydroxyl groups is 1. The molecule has 44 heavy (non-hydrogen) atoms. The Kier molecular flexibility index (Phi) is 9.81. The molecule has 0 spiro atoms. The SMILES string of the molecule is CCCCOc1ccc(C(O)=C2C(=O)C(=O)N(c3nnc(SCc4ccccc4F)s3)[C@H]2c2ccc(OC)c(OC)c2)cc1. The van der Waals surface area contributed by atoms with Crippen LogP contribution in [0.5, 0.6) is 17.2 Å². The second kappa shape index (κ2) is 13.9. The van der Waals surface area contributed by atoms with Crippen molar-refractivity contribution in [1.29, 1.82) is 0 Å². The van der Waals surface area contributed by atoms with Gasteiger partial charge in [-0.25, -0.2) is 4.39 Å². The fourth-order valence-electron chi connectivity index (χ4n) is 4.68. The summed E-state index contributed by atoms with van der Waals surface area (Å²) in [6.07, 6.45) is 1.90. The van der Waals surface area contributed by atoms with E-state index in [0.29, 0.717) is 50.6 Å². The van der Waals surface area contributed by atoms with E-state index in [-0.39, 0.29) is 22.3 Å². The summed E-state index contributed by atoms with van der Waals surface area (Å²) in [5.41, 5.74) is 1.22. The maximum atomic E-state index is 14.2. The van der Waals surface area contributed by atoms with Crippen LogP contribution in [0.25, 0.3) is 5.76 Å². The predicted molar refractivity (Wildman–Crippen MR) is 167 cm³/mol. The van der Waals surface area contributed by atoms with E-state index in [4.69, 9.17) is 14.2 Å². The summed E-state index contributed by atoms with van der Waals surface area (Å²) in [6.45, 7) is 2.64. The van der Waals surface area contributed by atoms with Crippen LogP contribution in [-0.2, 0) is 15.3 Å². The molecule has 4 aromatic rings. The van der Waals surface area contributed by atoms with Gasteiger partial charge in [-0.1, -0.05) is 60.7 Å². The van der Waals surface area contributed by atoms with E-state index < -0.39 is 17.7 Å². The summed E-state index contributed by atoms with van der Waals surface area (Å²) in [7, 11) is 2.98. The molecule has 12 heteroatoms. The summed E-state index contributed by atoms with van der Waals surface area (Å²) < 4.78 is 31.2. The maximum Gasteiger partial charge on any atom is 0.301 e. The molecule has 1 fully saturated rings. The van der Waals surface area contributed by atoms with Gasteiger partial charge in [-0.05, 0) is 60.0 Å². The number of aliphatic hydroxyl groups excluding tert-OH is 1. The summed E-state index contributed by atoms with van der Waals surface area (Å²) >= 11 is 2.35. The lowest BCUT2D eigenvalue weighted by molar-refractivity contribution is -0.132. The van der Waals surface area contributed by atoms with Crippen LogP contribution >= 0.6 is 23.1 Å². The lowest BCUT2D eigenvalue weighted by Gasteiger charge is -2.23. The van der Waals surface area contributed by atoms with Gasteiger partial charge in [-0.2, -0.15) is 0 Å². The molecular weight excluding hydrogens is 605 g/mol. The Morgan fingerprint density at radius 1 is 1.02 bits per heavy atom. The third-order valence-corrected chi connectivity index (χ3v) is 9.08. The normalized spacial score (nSPS) is 15.9. The van der Waals surface area contributed by atoms with Crippen LogP contribution in [0.2, 0.25) is 0 Å². The Labute approximate surface area is 262 Å². The first kappa shape index (κ1) is 31.0. The van der Waals surface area contributed by atoms with Crippen LogP contribution in [0.3, 0.4) is 0 Å². The van der Waals surface area contributed by atoms with Crippen LogP contribution in [0, 0.1) is 5.82 Å². The zero-order valence-corrected chi connectivity index (χ0v) is 25.9. The van der Waals surface area contributed by atoms with Gasteiger partial charge in [-0.15, -0.1) is 10.2 Å². The van der Waals surface area contributed by atoms with Crippen molar-refractivity contribution in [2.24, 2.45) is 0 Å². The summed E-state index contributed by atoms with van der Waals surface area (Å²) in [5, 5.41) is 20.0. The van der Waals surface area contributed by atoms with Crippen LogP contribution in [0.1, 0.15) is 42.5 Å². The Hall–Kier alpha value is -4.42. The molecule has 0 saturated carbocycles. The predicted octanol–water partition coefficient (Wildman–Crippen LogP) is 6.79. The monoisotopic (exact) mass is 635 g/mol. The molecule has 0 bridgehead atoms. The third kappa shape index (κ3) is 6.41. The highest BCUT2D eigenvalue weighted by atomic mass is 32.2. The number of nitrogens with zero attached hydrogens (tertiary/aromatic N) is 3. The number of hydrogen-bond acceptors (Lipinski definition) is 10. The lowest BCUT2D eigenvalue weighted by atomic mass is 9.95. The summed E-state index contributed by atoms with van der Waals surface area (Å²) in [5.74, 6) is -0.654. The molecule has 0 unspecified atom stereocenters. The van der Waals surface area contributed by atoms with Crippen molar-refractivity contribution < 1.29 is 33.3 Å². The van der Waals surface area contributed by atoms with E-state index in [2.05, 4.69) is 17.1 Å². The van der Waals surface area contributed by atoms with Gasteiger partial charge in [0.2, 0.25) is 5.13 Å². The quantitative estimate of drug-likeness (QED) is 0.0449. The Morgan fingerprint density at radius 3 is 2.48 bits per heavy atom. The van der Waals surface area contributed by atoms with Gasteiger partial charge >= 0.3 is 5.91 Å². The molecule has 1 saturated heterocycles. The first-order chi connectivity index (χ1) is 21.4. The van der Waals surface area contributed by atoms with E-state index in [0.717, 1.165) is 24.2 Å². The van der Waals surface area contributed by atoms with E-state index in [1.807, 2.05) is 0 Å². The maximum absolute atomic E-state index is 14.2. The highest BCUT2D eigenvalue weighted by Gasteiger charge is 2.48. The molecule has 0 aliphatic carbocycles. The molecule has 3 aromatic carbocycles. The number of ketones is 1. The number of methoxy groups -OCH3 is 2. The fraction of sp³-hybridized carbons (Fsp3) is 0.250. The molecule has 1 aromatic heterocycles. The molecule has 1 N–H and O–H groups in total. The Balaban J connectivity index is 1.54. The van der Waals surface area contributed by atoms with Crippen LogP contribution in [0.4, 0.5) is 9.52 Å². The van der Waals surface area contributed by atoms with Gasteiger partial charge < -0.3 is 19.3 Å². The molecule has 1 aliphatic rings. The number of aromatic nitrogens is 2. The number of carbonyl (C=O) groups excluding carboxylic acids is 2. The summed E-state index contributed by atoms with van der Waals surface area (Å²) in [4.78, 5) is 28.4. The molecule has 0 radical (unpaired) electrons. The number of rotatable bonds is 12. The Bertz CT molecular complexity index is 1690. The fourth-order valence-corrected chi connectivity index (χ4v) is 6.53. The Morgan fingerprint density at radius 2 is 1.77 bits per heavy atom. The number of hydrogen-bond donors (Lipinski definition) is 1. The molecule has 1 amide bonds. The van der Waals surface area contributed by atoms with Gasteiger partial charge in [0.1, 0.15) is 17.3 Å². The molecule has 5 rings (SSSR count). The van der Waals surface area contributed by atoms with E-state index in [1.165, 1.54) is 36.9 Å². The number of amides is 1. The van der Waals surface area contributed by atoms with Crippen molar-refractivity contribution in [2.45, 2.75) is 35.9 Å². The van der Waals surface area contributed by atoms with Crippen LogP contribution < -0.4 is 19.1 Å². The van der Waals surface area contributed by atoms with Gasteiger partial charge in [-0.3, -0.25) is 14.5 Å². The van der Waals surface area contributed by atoms with Gasteiger partial charge in [0.15, 0.2) is 15.8 Å². The highest BCUT2D eigenvalue weighted by Crippen LogP contribution is 2.45. The molecule has 1 atom stereocenters. The van der Waals surface area contributed by atoms with Crippen molar-refractivity contribution in [3.63, 3.8) is 0 Å². The van der Waals surface area contributed by atoms with Crippen molar-refractivity contribution >= 4 is 45.7 Å². The minimum Gasteiger partial charge on any atom is -0.507 e. The van der Waals surface area contributed by atoms with E-state index in [9.17, 15) is 19.1 Å². The van der Waals surface area contributed by atoms with Crippen LogP contribution in [-0.4, -0.2) is 47.8 Å². The molecule has 2 heterocycles. The number of Topliss-reactive ketones (excluding diaryl/α,β-unsaturated/α-hetero) is 1. The average Bonchev–Trinajstić information content (AvgIpc) is 3.62. The van der Waals surface area contributed by atoms with Crippen molar-refractivity contribution in [3.05, 3.63) is 94.8 Å². The first-order valence-corrected chi connectivity index (χ1v) is 15.6. The second-order valence-electron chi connectivity index (χ2n) is 9.74. The average molecular weight is 636 g/mol. The van der Waals surface area contributed by atoms with Crippen molar-refractivity contribution in [3.8, 4) is 17.2 Å². The van der Waals surface area contributed by atoms with Gasteiger partial charge in [0.05, 0.1) is 32.4 Å². The molecule has 9 nitrogen and oxygen atoms in total. The first-order valence-electron chi connectivity index (χ1n) is 13.8. The highest BCUT2D eigenvalue weighted by molar-refractivity contribution is 8.00. The number of thioether (sulfide) groups is 1. The topological polar surface area (TPSA) is 111 Å². The number of benzene rings is 3. The van der Waals surface area contributed by atoms with E-state index >= 15 is 0 Å². The number of carbonyl (C=O) groups is 2.